The Bertz CT molecular complexity index is 527. The van der Waals surface area contributed by atoms with Gasteiger partial charge in [0.15, 0.2) is 0 Å². The van der Waals surface area contributed by atoms with Crippen LogP contribution in [0.1, 0.15) is 22.2 Å². The molecule has 0 fully saturated rings. The summed E-state index contributed by atoms with van der Waals surface area (Å²) in [5.74, 6) is -0.294. The second kappa shape index (κ2) is 5.12. The molecule has 1 aromatic heterocycles. The van der Waals surface area contributed by atoms with Crippen LogP contribution in [0.15, 0.2) is 23.7 Å². The van der Waals surface area contributed by atoms with Gasteiger partial charge < -0.3 is 5.73 Å². The lowest BCUT2D eigenvalue weighted by atomic mass is 10.0. The molecule has 0 saturated heterocycles. The molecule has 90 valence electrons. The lowest BCUT2D eigenvalue weighted by molar-refractivity contribution is 0.622. The van der Waals surface area contributed by atoms with Gasteiger partial charge in [0.1, 0.15) is 5.82 Å². The average molecular weight is 271 g/mol. The van der Waals surface area contributed by atoms with Gasteiger partial charge in [-0.2, -0.15) is 0 Å². The van der Waals surface area contributed by atoms with Gasteiger partial charge in [0.05, 0.1) is 11.2 Å². The van der Waals surface area contributed by atoms with Gasteiger partial charge in [-0.05, 0) is 37.1 Å². The quantitative estimate of drug-likeness (QED) is 0.927. The Balaban J connectivity index is 2.21. The maximum absolute atomic E-state index is 13.1. The molecule has 0 bridgehead atoms. The van der Waals surface area contributed by atoms with Crippen molar-refractivity contribution in [2.45, 2.75) is 19.4 Å². The third kappa shape index (κ3) is 2.83. The highest BCUT2D eigenvalue weighted by Gasteiger charge is 2.14. The van der Waals surface area contributed by atoms with Gasteiger partial charge in [0.2, 0.25) is 0 Å². The van der Waals surface area contributed by atoms with E-state index in [4.69, 9.17) is 17.3 Å². The largest absolute Gasteiger partial charge is 0.323 e. The molecule has 0 radical (unpaired) electrons. The SMILES string of the molecule is Cc1ncsc1C(N)Cc1cc(F)ccc1Cl. The van der Waals surface area contributed by atoms with E-state index in [2.05, 4.69) is 4.98 Å². The van der Waals surface area contributed by atoms with Crippen molar-refractivity contribution in [1.29, 1.82) is 0 Å². The first kappa shape index (κ1) is 12.5. The Labute approximate surface area is 108 Å². The molecule has 0 saturated carbocycles. The summed E-state index contributed by atoms with van der Waals surface area (Å²) in [7, 11) is 0. The Morgan fingerprint density at radius 2 is 2.29 bits per heavy atom. The minimum absolute atomic E-state index is 0.193. The average Bonchev–Trinajstić information content (AvgIpc) is 2.70. The van der Waals surface area contributed by atoms with Crippen molar-refractivity contribution in [3.05, 3.63) is 50.7 Å². The van der Waals surface area contributed by atoms with Crippen molar-refractivity contribution in [3.8, 4) is 0 Å². The van der Waals surface area contributed by atoms with Crippen LogP contribution in [0.3, 0.4) is 0 Å². The second-order valence-corrected chi connectivity index (χ2v) is 5.14. The van der Waals surface area contributed by atoms with Crippen LogP contribution >= 0.6 is 22.9 Å². The molecule has 0 aliphatic carbocycles. The number of hydrogen-bond donors (Lipinski definition) is 1. The summed E-state index contributed by atoms with van der Waals surface area (Å²) >= 11 is 7.52. The van der Waals surface area contributed by atoms with Gasteiger partial charge in [0.25, 0.3) is 0 Å². The maximum atomic E-state index is 13.1. The van der Waals surface area contributed by atoms with E-state index in [1.165, 1.54) is 23.5 Å². The molecule has 1 atom stereocenters. The van der Waals surface area contributed by atoms with E-state index in [0.717, 1.165) is 16.1 Å². The summed E-state index contributed by atoms with van der Waals surface area (Å²) in [5, 5.41) is 0.545. The van der Waals surface area contributed by atoms with Crippen molar-refractivity contribution in [3.63, 3.8) is 0 Å². The first-order chi connectivity index (χ1) is 8.08. The number of rotatable bonds is 3. The maximum Gasteiger partial charge on any atom is 0.123 e. The van der Waals surface area contributed by atoms with Crippen LogP contribution in [-0.2, 0) is 6.42 Å². The van der Waals surface area contributed by atoms with Crippen molar-refractivity contribution >= 4 is 22.9 Å². The number of hydrogen-bond acceptors (Lipinski definition) is 3. The Hall–Kier alpha value is -0.970. The van der Waals surface area contributed by atoms with Crippen LogP contribution < -0.4 is 5.73 Å². The number of halogens is 2. The molecule has 0 aliphatic rings. The summed E-state index contributed by atoms with van der Waals surface area (Å²) in [6.07, 6.45) is 0.514. The summed E-state index contributed by atoms with van der Waals surface area (Å²) in [5.41, 5.74) is 9.50. The van der Waals surface area contributed by atoms with Gasteiger partial charge in [-0.15, -0.1) is 11.3 Å². The van der Waals surface area contributed by atoms with E-state index in [9.17, 15) is 4.39 Å². The fourth-order valence-electron chi connectivity index (χ4n) is 1.70. The van der Waals surface area contributed by atoms with Crippen LogP contribution in [0.5, 0.6) is 0 Å². The van der Waals surface area contributed by atoms with Crippen LogP contribution in [0.2, 0.25) is 5.02 Å². The number of aromatic nitrogens is 1. The molecule has 0 aliphatic heterocycles. The highest BCUT2D eigenvalue weighted by Crippen LogP contribution is 2.26. The van der Waals surface area contributed by atoms with Crippen molar-refractivity contribution in [2.75, 3.05) is 0 Å². The Kier molecular flexibility index (Phi) is 3.76. The number of nitrogens with zero attached hydrogens (tertiary/aromatic N) is 1. The minimum Gasteiger partial charge on any atom is -0.323 e. The molecule has 1 aromatic carbocycles. The predicted octanol–water partition coefficient (Wildman–Crippen LogP) is 3.49. The van der Waals surface area contributed by atoms with Crippen molar-refractivity contribution in [1.82, 2.24) is 4.98 Å². The lowest BCUT2D eigenvalue weighted by Gasteiger charge is -2.11. The summed E-state index contributed by atoms with van der Waals surface area (Å²) in [4.78, 5) is 5.17. The second-order valence-electron chi connectivity index (χ2n) is 3.85. The van der Waals surface area contributed by atoms with E-state index in [0.29, 0.717) is 11.4 Å². The molecule has 2 aromatic rings. The van der Waals surface area contributed by atoms with Gasteiger partial charge in [-0.3, -0.25) is 0 Å². The minimum atomic E-state index is -0.294. The standard InChI is InChI=1S/C12H12ClFN2S/c1-7-12(17-6-16-7)11(15)5-8-4-9(14)2-3-10(8)13/h2-4,6,11H,5,15H2,1H3. The number of aryl methyl sites for hydroxylation is 1. The lowest BCUT2D eigenvalue weighted by Crippen LogP contribution is -2.13. The van der Waals surface area contributed by atoms with E-state index in [1.54, 1.807) is 11.6 Å². The highest BCUT2D eigenvalue weighted by molar-refractivity contribution is 7.09. The van der Waals surface area contributed by atoms with Gasteiger partial charge in [-0.25, -0.2) is 9.37 Å². The predicted molar refractivity (Wildman–Crippen MR) is 68.9 cm³/mol. The van der Waals surface area contributed by atoms with Gasteiger partial charge in [0, 0.05) is 15.9 Å². The molecule has 1 heterocycles. The van der Waals surface area contributed by atoms with E-state index in [1.807, 2.05) is 6.92 Å². The molecule has 0 spiro atoms. The molecular weight excluding hydrogens is 259 g/mol. The van der Waals surface area contributed by atoms with Crippen LogP contribution in [0, 0.1) is 12.7 Å². The van der Waals surface area contributed by atoms with Crippen molar-refractivity contribution < 1.29 is 4.39 Å². The third-order valence-corrected chi connectivity index (χ3v) is 4.00. The third-order valence-electron chi connectivity index (χ3n) is 2.57. The van der Waals surface area contributed by atoms with Crippen LogP contribution in [-0.4, -0.2) is 4.98 Å². The number of benzene rings is 1. The molecular formula is C12H12ClFN2S. The van der Waals surface area contributed by atoms with Crippen LogP contribution in [0.4, 0.5) is 4.39 Å². The summed E-state index contributed by atoms with van der Waals surface area (Å²) in [6.45, 7) is 1.92. The zero-order valence-electron chi connectivity index (χ0n) is 9.28. The number of nitrogens with two attached hydrogens (primary N) is 1. The molecule has 2 rings (SSSR count). The fourth-order valence-corrected chi connectivity index (χ4v) is 2.70. The molecule has 2 N–H and O–H groups in total. The first-order valence-electron chi connectivity index (χ1n) is 5.17. The molecule has 2 nitrogen and oxygen atoms in total. The topological polar surface area (TPSA) is 38.9 Å². The molecule has 17 heavy (non-hydrogen) atoms. The molecule has 5 heteroatoms. The zero-order chi connectivity index (χ0) is 12.4. The van der Waals surface area contributed by atoms with Gasteiger partial charge in [-0.1, -0.05) is 11.6 Å². The molecule has 0 amide bonds. The summed E-state index contributed by atoms with van der Waals surface area (Å²) in [6, 6.07) is 4.13. The Morgan fingerprint density at radius 3 is 2.94 bits per heavy atom. The van der Waals surface area contributed by atoms with E-state index < -0.39 is 0 Å². The van der Waals surface area contributed by atoms with Crippen molar-refractivity contribution in [2.24, 2.45) is 5.73 Å². The molecule has 1 unspecified atom stereocenters. The normalized spacial score (nSPS) is 12.7. The number of thiazole rings is 1. The Morgan fingerprint density at radius 1 is 1.53 bits per heavy atom. The van der Waals surface area contributed by atoms with Gasteiger partial charge >= 0.3 is 0 Å². The summed E-state index contributed by atoms with van der Waals surface area (Å²) < 4.78 is 13.1. The first-order valence-corrected chi connectivity index (χ1v) is 6.43. The smallest absolute Gasteiger partial charge is 0.123 e. The fraction of sp³-hybridized carbons (Fsp3) is 0.250. The highest BCUT2D eigenvalue weighted by atomic mass is 35.5. The monoisotopic (exact) mass is 270 g/mol. The zero-order valence-corrected chi connectivity index (χ0v) is 10.9. The van der Waals surface area contributed by atoms with E-state index >= 15 is 0 Å². The van der Waals surface area contributed by atoms with E-state index in [-0.39, 0.29) is 11.9 Å². The van der Waals surface area contributed by atoms with Crippen LogP contribution in [0.25, 0.3) is 0 Å².